The number of halogens is 3. The van der Waals surface area contributed by atoms with Gasteiger partial charge in [-0.1, -0.05) is 20.3 Å². The molecule has 1 aromatic carbocycles. The molecule has 0 spiro atoms. The maximum Gasteiger partial charge on any atom is 0.573 e. The number of nitrogens with zero attached hydrogens (tertiary/aromatic N) is 1. The fourth-order valence-corrected chi connectivity index (χ4v) is 1.80. The van der Waals surface area contributed by atoms with E-state index in [4.69, 9.17) is 5.73 Å². The molecule has 118 valence electrons. The normalized spacial score (nSPS) is 12.9. The number of alkyl halides is 3. The lowest BCUT2D eigenvalue weighted by Crippen LogP contribution is -2.31. The monoisotopic (exact) mass is 304 g/mol. The first-order valence-corrected chi connectivity index (χ1v) is 6.54. The van der Waals surface area contributed by atoms with Gasteiger partial charge >= 0.3 is 6.36 Å². The summed E-state index contributed by atoms with van der Waals surface area (Å²) >= 11 is 0. The van der Waals surface area contributed by atoms with Gasteiger partial charge in [0.25, 0.3) is 5.91 Å². The van der Waals surface area contributed by atoms with Crippen molar-refractivity contribution in [3.63, 3.8) is 0 Å². The lowest BCUT2D eigenvalue weighted by Gasteiger charge is -2.21. The molecule has 1 rings (SSSR count). The van der Waals surface area contributed by atoms with Gasteiger partial charge in [0.05, 0.1) is 5.69 Å². The molecule has 4 nitrogen and oxygen atoms in total. The molecule has 0 fully saturated rings. The van der Waals surface area contributed by atoms with Crippen LogP contribution in [0.1, 0.15) is 30.6 Å². The number of hydrogen-bond acceptors (Lipinski definition) is 3. The minimum Gasteiger partial charge on any atom is -0.404 e. The molecule has 1 atom stereocenters. The molecule has 0 saturated carbocycles. The van der Waals surface area contributed by atoms with Crippen molar-refractivity contribution < 1.29 is 22.7 Å². The van der Waals surface area contributed by atoms with Gasteiger partial charge in [0, 0.05) is 19.2 Å². The second-order valence-corrected chi connectivity index (χ2v) is 5.00. The zero-order valence-corrected chi connectivity index (χ0v) is 12.2. The Labute approximate surface area is 121 Å². The lowest BCUT2D eigenvalue weighted by atomic mass is 10.1. The first-order chi connectivity index (χ1) is 9.64. The van der Waals surface area contributed by atoms with Gasteiger partial charge in [-0.15, -0.1) is 13.2 Å². The largest absolute Gasteiger partial charge is 0.573 e. The number of ether oxygens (including phenoxy) is 1. The van der Waals surface area contributed by atoms with Crippen molar-refractivity contribution in [2.75, 3.05) is 19.3 Å². The minimum atomic E-state index is -4.81. The Morgan fingerprint density at radius 2 is 2.05 bits per heavy atom. The van der Waals surface area contributed by atoms with Crippen LogP contribution in [0.2, 0.25) is 0 Å². The second-order valence-electron chi connectivity index (χ2n) is 5.00. The SMILES string of the molecule is CCC(C)CN(C)C(=O)c1ccc(OC(F)(F)F)c(N)c1. The molecule has 1 aromatic rings. The van der Waals surface area contributed by atoms with Crippen LogP contribution in [-0.2, 0) is 0 Å². The maximum absolute atomic E-state index is 12.2. The molecule has 0 aromatic heterocycles. The number of hydrogen-bond donors (Lipinski definition) is 1. The topological polar surface area (TPSA) is 55.6 Å². The number of carbonyl (C=O) groups is 1. The third-order valence-electron chi connectivity index (χ3n) is 3.11. The van der Waals surface area contributed by atoms with Crippen LogP contribution in [0.15, 0.2) is 18.2 Å². The summed E-state index contributed by atoms with van der Waals surface area (Å²) in [5, 5.41) is 0. The standard InChI is InChI=1S/C14H19F3N2O2/c1-4-9(2)8-19(3)13(20)10-5-6-12(11(18)7-10)21-14(15,16)17/h5-7,9H,4,8,18H2,1-3H3. The quantitative estimate of drug-likeness (QED) is 0.849. The molecule has 0 radical (unpaired) electrons. The predicted molar refractivity (Wildman–Crippen MR) is 74.0 cm³/mol. The zero-order chi connectivity index (χ0) is 16.2. The van der Waals surface area contributed by atoms with Crippen molar-refractivity contribution in [1.82, 2.24) is 4.90 Å². The Kier molecular flexibility index (Phi) is 5.46. The molecule has 1 unspecified atom stereocenters. The molecule has 0 heterocycles. The van der Waals surface area contributed by atoms with E-state index in [-0.39, 0.29) is 17.2 Å². The van der Waals surface area contributed by atoms with Gasteiger partial charge in [0.15, 0.2) is 5.75 Å². The Morgan fingerprint density at radius 3 is 2.52 bits per heavy atom. The average Bonchev–Trinajstić information content (AvgIpc) is 2.38. The van der Waals surface area contributed by atoms with E-state index < -0.39 is 12.1 Å². The van der Waals surface area contributed by atoms with Crippen molar-refractivity contribution in [3.8, 4) is 5.75 Å². The summed E-state index contributed by atoms with van der Waals surface area (Å²) in [7, 11) is 1.64. The van der Waals surface area contributed by atoms with E-state index in [1.807, 2.05) is 13.8 Å². The van der Waals surface area contributed by atoms with Crippen LogP contribution in [-0.4, -0.2) is 30.8 Å². The number of amides is 1. The highest BCUT2D eigenvalue weighted by Crippen LogP contribution is 2.29. The molecule has 1 amide bonds. The predicted octanol–water partition coefficient (Wildman–Crippen LogP) is 3.29. The van der Waals surface area contributed by atoms with Crippen LogP contribution in [0, 0.1) is 5.92 Å². The summed E-state index contributed by atoms with van der Waals surface area (Å²) in [6.45, 7) is 4.60. The summed E-state index contributed by atoms with van der Waals surface area (Å²) in [6, 6.07) is 3.51. The molecular formula is C14H19F3N2O2. The smallest absolute Gasteiger partial charge is 0.404 e. The van der Waals surface area contributed by atoms with Crippen molar-refractivity contribution in [1.29, 1.82) is 0 Å². The minimum absolute atomic E-state index is 0.227. The van der Waals surface area contributed by atoms with Crippen LogP contribution in [0.3, 0.4) is 0 Å². The molecule has 0 aliphatic rings. The van der Waals surface area contributed by atoms with E-state index in [1.165, 1.54) is 17.0 Å². The molecule has 0 saturated heterocycles. The van der Waals surface area contributed by atoms with Gasteiger partial charge in [-0.3, -0.25) is 4.79 Å². The summed E-state index contributed by atoms with van der Waals surface area (Å²) in [5.74, 6) is -0.465. The third kappa shape index (κ3) is 5.17. The fraction of sp³-hybridized carbons (Fsp3) is 0.500. The highest BCUT2D eigenvalue weighted by Gasteiger charge is 2.32. The van der Waals surface area contributed by atoms with E-state index in [1.54, 1.807) is 7.05 Å². The van der Waals surface area contributed by atoms with E-state index in [0.717, 1.165) is 12.5 Å². The van der Waals surface area contributed by atoms with E-state index >= 15 is 0 Å². The number of rotatable bonds is 5. The van der Waals surface area contributed by atoms with Gasteiger partial charge in [0.1, 0.15) is 0 Å². The van der Waals surface area contributed by atoms with Crippen LogP contribution < -0.4 is 10.5 Å². The molecule has 21 heavy (non-hydrogen) atoms. The first kappa shape index (κ1) is 17.1. The molecule has 0 aliphatic heterocycles. The summed E-state index contributed by atoms with van der Waals surface area (Å²) in [4.78, 5) is 13.7. The summed E-state index contributed by atoms with van der Waals surface area (Å²) in [5.41, 5.74) is 5.50. The van der Waals surface area contributed by atoms with Gasteiger partial charge < -0.3 is 15.4 Å². The zero-order valence-electron chi connectivity index (χ0n) is 12.2. The Balaban J connectivity index is 2.85. The van der Waals surface area contributed by atoms with Crippen LogP contribution >= 0.6 is 0 Å². The van der Waals surface area contributed by atoms with E-state index in [2.05, 4.69) is 4.74 Å². The van der Waals surface area contributed by atoms with Crippen molar-refractivity contribution in [2.24, 2.45) is 5.92 Å². The molecule has 7 heteroatoms. The number of anilines is 1. The Hall–Kier alpha value is -1.92. The van der Waals surface area contributed by atoms with Crippen LogP contribution in [0.25, 0.3) is 0 Å². The van der Waals surface area contributed by atoms with E-state index in [9.17, 15) is 18.0 Å². The highest BCUT2D eigenvalue weighted by atomic mass is 19.4. The first-order valence-electron chi connectivity index (χ1n) is 6.54. The van der Waals surface area contributed by atoms with Crippen LogP contribution in [0.4, 0.5) is 18.9 Å². The van der Waals surface area contributed by atoms with Gasteiger partial charge in [-0.25, -0.2) is 0 Å². The van der Waals surface area contributed by atoms with Gasteiger partial charge in [-0.2, -0.15) is 0 Å². The molecule has 0 aliphatic carbocycles. The molecule has 2 N–H and O–H groups in total. The highest BCUT2D eigenvalue weighted by molar-refractivity contribution is 5.95. The van der Waals surface area contributed by atoms with Crippen molar-refractivity contribution >= 4 is 11.6 Å². The summed E-state index contributed by atoms with van der Waals surface area (Å²) < 4.78 is 40.2. The van der Waals surface area contributed by atoms with Gasteiger partial charge in [-0.05, 0) is 24.1 Å². The van der Waals surface area contributed by atoms with Gasteiger partial charge in [0.2, 0.25) is 0 Å². The Bertz CT molecular complexity index is 503. The fourth-order valence-electron chi connectivity index (χ4n) is 1.80. The second kappa shape index (κ2) is 6.69. The van der Waals surface area contributed by atoms with Crippen molar-refractivity contribution in [3.05, 3.63) is 23.8 Å². The summed E-state index contributed by atoms with van der Waals surface area (Å²) in [6.07, 6.45) is -3.88. The molecular weight excluding hydrogens is 285 g/mol. The Morgan fingerprint density at radius 1 is 1.43 bits per heavy atom. The number of benzene rings is 1. The number of nitrogen functional groups attached to an aromatic ring is 1. The third-order valence-corrected chi connectivity index (χ3v) is 3.11. The van der Waals surface area contributed by atoms with Crippen molar-refractivity contribution in [2.45, 2.75) is 26.6 Å². The van der Waals surface area contributed by atoms with E-state index in [0.29, 0.717) is 12.5 Å². The average molecular weight is 304 g/mol. The molecule has 0 bridgehead atoms. The van der Waals surface area contributed by atoms with Crippen LogP contribution in [0.5, 0.6) is 5.75 Å². The number of carbonyl (C=O) groups excluding carboxylic acids is 1. The maximum atomic E-state index is 12.2. The number of nitrogens with two attached hydrogens (primary N) is 1. The lowest BCUT2D eigenvalue weighted by molar-refractivity contribution is -0.274.